The van der Waals surface area contributed by atoms with Crippen LogP contribution in [-0.4, -0.2) is 42.0 Å². The number of Topliss-reactive ketones (excluding diaryl/α,β-unsaturated/α-hetero) is 2. The fourth-order valence-corrected chi connectivity index (χ4v) is 9.09. The first-order valence-electron chi connectivity index (χ1n) is 19.3. The number of aryl methyl sites for hydroxylation is 1. The number of nitrogens with two attached hydrogens (primary N) is 1. The van der Waals surface area contributed by atoms with Crippen molar-refractivity contribution in [2.45, 2.75) is 96.8 Å². The van der Waals surface area contributed by atoms with Crippen molar-refractivity contribution in [1.82, 2.24) is 5.32 Å². The largest absolute Gasteiger partial charge is 0.504 e. The maximum atomic E-state index is 14.7. The van der Waals surface area contributed by atoms with Gasteiger partial charge in [0.25, 0.3) is 0 Å². The van der Waals surface area contributed by atoms with Crippen LogP contribution in [0.5, 0.6) is 11.5 Å². The first kappa shape index (κ1) is 38.2. The number of allylic oxidation sites excluding steroid dienone is 2. The summed E-state index contributed by atoms with van der Waals surface area (Å²) in [4.78, 5) is 28.5. The molecule has 0 saturated heterocycles. The zero-order valence-electron chi connectivity index (χ0n) is 30.8. The Labute approximate surface area is 305 Å². The monoisotopic (exact) mass is 694 g/mol. The average Bonchev–Trinajstić information content (AvgIpc) is 3.26. The normalized spacial score (nSPS) is 26.0. The molecule has 0 radical (unpaired) electrons. The number of carbonyl (C=O) groups is 2. The lowest BCUT2D eigenvalue weighted by Gasteiger charge is -2.37. The summed E-state index contributed by atoms with van der Waals surface area (Å²) in [6, 6.07) is 13.6. The highest BCUT2D eigenvalue weighted by molar-refractivity contribution is 6.00. The van der Waals surface area contributed by atoms with E-state index in [0.717, 1.165) is 74.5 Å². The maximum absolute atomic E-state index is 14.7. The summed E-state index contributed by atoms with van der Waals surface area (Å²) in [6.45, 7) is 5.14. The van der Waals surface area contributed by atoms with Crippen molar-refractivity contribution in [2.75, 3.05) is 20.3 Å². The number of ether oxygens (including phenoxy) is 1. The van der Waals surface area contributed by atoms with Gasteiger partial charge < -0.3 is 26.0 Å². The van der Waals surface area contributed by atoms with Gasteiger partial charge in [-0.2, -0.15) is 0 Å². The van der Waals surface area contributed by atoms with E-state index in [1.165, 1.54) is 12.7 Å². The van der Waals surface area contributed by atoms with Gasteiger partial charge in [0, 0.05) is 31.4 Å². The number of fused-ring (bicyclic) bond motifs is 2. The lowest BCUT2D eigenvalue weighted by atomic mass is 9.66. The summed E-state index contributed by atoms with van der Waals surface area (Å²) in [6.07, 6.45) is 13.1. The molecule has 5 rings (SSSR count). The van der Waals surface area contributed by atoms with Crippen molar-refractivity contribution in [3.8, 4) is 23.3 Å². The summed E-state index contributed by atoms with van der Waals surface area (Å²) in [7, 11) is 1.52. The van der Waals surface area contributed by atoms with Crippen LogP contribution >= 0.6 is 0 Å². The Morgan fingerprint density at radius 1 is 1.04 bits per heavy atom. The molecule has 2 aliphatic carbocycles. The molecule has 0 amide bonds. The second-order valence-corrected chi connectivity index (χ2v) is 15.0. The molecule has 2 aromatic rings. The highest BCUT2D eigenvalue weighted by Gasteiger charge is 2.45. The fraction of sp³-hybridized carbons (Fsp3) is 0.545. The minimum absolute atomic E-state index is 0.00482. The number of aromatic hydroxyl groups is 1. The number of methoxy groups -OCH3 is 1. The van der Waals surface area contributed by atoms with Crippen LogP contribution in [0.3, 0.4) is 0 Å². The van der Waals surface area contributed by atoms with Crippen molar-refractivity contribution < 1.29 is 24.5 Å². The van der Waals surface area contributed by atoms with Crippen LogP contribution in [0.25, 0.3) is 0 Å². The number of hydrogen-bond donors (Lipinski definition) is 4. The minimum Gasteiger partial charge on any atom is -0.504 e. The molecule has 0 spiro atoms. The predicted molar refractivity (Wildman–Crippen MR) is 203 cm³/mol. The van der Waals surface area contributed by atoms with E-state index in [9.17, 15) is 19.8 Å². The van der Waals surface area contributed by atoms with Gasteiger partial charge in [-0.3, -0.25) is 9.59 Å². The zero-order valence-corrected chi connectivity index (χ0v) is 30.8. The van der Waals surface area contributed by atoms with E-state index in [2.05, 4.69) is 49.2 Å². The Bertz CT molecular complexity index is 1620. The summed E-state index contributed by atoms with van der Waals surface area (Å²) in [5, 5.41) is 25.0. The molecule has 0 bridgehead atoms. The molecule has 7 unspecified atom stereocenters. The van der Waals surface area contributed by atoms with E-state index >= 15 is 0 Å². The van der Waals surface area contributed by atoms with Gasteiger partial charge in [-0.25, -0.2) is 0 Å². The number of carbonyl (C=O) groups excluding carboxylic acids is 2. The second kappa shape index (κ2) is 18.5. The minimum atomic E-state index is -0.401. The molecular formula is C44H58N2O5. The number of rotatable bonds is 12. The molecule has 0 aromatic heterocycles. The van der Waals surface area contributed by atoms with Crippen molar-refractivity contribution in [2.24, 2.45) is 41.2 Å². The summed E-state index contributed by atoms with van der Waals surface area (Å²) >= 11 is 0. The van der Waals surface area contributed by atoms with E-state index in [-0.39, 0.29) is 72.3 Å². The SMILES string of the molecule is CCCCCC1C(C(CO)CCC)CC(CC2=CCNC(N)=C2)CC2C#CC(c3ccccc3)c3cc(O)c(OC)cc3CCC(=O)CC(=O)C21. The summed E-state index contributed by atoms with van der Waals surface area (Å²) < 4.78 is 5.48. The molecule has 1 fully saturated rings. The van der Waals surface area contributed by atoms with E-state index < -0.39 is 5.92 Å². The van der Waals surface area contributed by atoms with Crippen LogP contribution in [0.2, 0.25) is 0 Å². The molecule has 7 atom stereocenters. The van der Waals surface area contributed by atoms with Crippen LogP contribution in [0.15, 0.2) is 66.0 Å². The highest BCUT2D eigenvalue weighted by atomic mass is 16.5. The Hall–Kier alpha value is -4.02. The average molecular weight is 695 g/mol. The number of dihydropyridines is 1. The van der Waals surface area contributed by atoms with Gasteiger partial charge in [0.05, 0.1) is 25.3 Å². The van der Waals surface area contributed by atoms with E-state index in [4.69, 9.17) is 10.5 Å². The molecule has 5 N–H and O–H groups in total. The number of aliphatic hydroxyl groups excluding tert-OH is 1. The molecule has 51 heavy (non-hydrogen) atoms. The molecule has 7 nitrogen and oxygen atoms in total. The Morgan fingerprint density at radius 2 is 1.84 bits per heavy atom. The molecule has 2 aromatic carbocycles. The van der Waals surface area contributed by atoms with Crippen LogP contribution < -0.4 is 15.8 Å². The summed E-state index contributed by atoms with van der Waals surface area (Å²) in [5.41, 5.74) is 10.1. The molecule has 7 heteroatoms. The Morgan fingerprint density at radius 3 is 2.55 bits per heavy atom. The van der Waals surface area contributed by atoms with E-state index in [1.54, 1.807) is 6.07 Å². The van der Waals surface area contributed by atoms with Crippen molar-refractivity contribution >= 4 is 11.6 Å². The quantitative estimate of drug-likeness (QED) is 0.103. The topological polar surface area (TPSA) is 122 Å². The van der Waals surface area contributed by atoms with Gasteiger partial charge in [0.1, 0.15) is 11.6 Å². The molecule has 1 saturated carbocycles. The maximum Gasteiger partial charge on any atom is 0.160 e. The van der Waals surface area contributed by atoms with Gasteiger partial charge in [0.15, 0.2) is 11.5 Å². The molecule has 3 aliphatic rings. The van der Waals surface area contributed by atoms with Crippen molar-refractivity contribution in [3.63, 3.8) is 0 Å². The third-order valence-corrected chi connectivity index (χ3v) is 11.5. The number of benzene rings is 2. The van der Waals surface area contributed by atoms with E-state index in [0.29, 0.717) is 24.5 Å². The zero-order chi connectivity index (χ0) is 36.3. The standard InChI is InChI=1S/C44H58N2O5/c1-4-6-8-14-37-38(34(28-47)11-5-2)23-30(21-29-19-20-46-43(45)24-29)22-33-16-18-36(31-12-9-7-10-13-31)39-27-40(49)42(51-3)25-32(39)15-17-35(48)26-41(50)44(33)37/h7,9-10,12-13,19,24-25,27,30,33-34,36-38,44,46-47,49H,4-6,8,11,14-15,17,20-23,26,28,45H2,1-3H3. The summed E-state index contributed by atoms with van der Waals surface area (Å²) in [5.74, 6) is 7.82. The lowest BCUT2D eigenvalue weighted by Crippen LogP contribution is -2.37. The smallest absolute Gasteiger partial charge is 0.160 e. The third-order valence-electron chi connectivity index (χ3n) is 11.5. The Kier molecular flexibility index (Phi) is 13.8. The predicted octanol–water partition coefficient (Wildman–Crippen LogP) is 7.59. The van der Waals surface area contributed by atoms with Crippen LogP contribution in [0, 0.1) is 47.3 Å². The van der Waals surface area contributed by atoms with Gasteiger partial charge in [0.2, 0.25) is 0 Å². The second-order valence-electron chi connectivity index (χ2n) is 15.0. The lowest BCUT2D eigenvalue weighted by molar-refractivity contribution is -0.132. The molecule has 1 aliphatic heterocycles. The number of ketones is 2. The van der Waals surface area contributed by atoms with Gasteiger partial charge in [-0.05, 0) is 103 Å². The molecule has 274 valence electrons. The first-order valence-corrected chi connectivity index (χ1v) is 19.3. The van der Waals surface area contributed by atoms with Gasteiger partial charge >= 0.3 is 0 Å². The molecule has 1 heterocycles. The number of aliphatic hydroxyl groups is 1. The third kappa shape index (κ3) is 9.65. The number of hydrogen-bond acceptors (Lipinski definition) is 7. The number of unbranched alkanes of at least 4 members (excludes halogenated alkanes) is 2. The number of nitrogens with one attached hydrogen (secondary N) is 1. The first-order chi connectivity index (χ1) is 24.8. The van der Waals surface area contributed by atoms with Crippen LogP contribution in [0.4, 0.5) is 0 Å². The van der Waals surface area contributed by atoms with Crippen LogP contribution in [0.1, 0.15) is 107 Å². The number of phenolic OH excluding ortho intramolecular Hbond substituents is 1. The fourth-order valence-electron chi connectivity index (χ4n) is 9.09. The van der Waals surface area contributed by atoms with Gasteiger partial charge in [-0.15, -0.1) is 0 Å². The van der Waals surface area contributed by atoms with E-state index in [1.807, 2.05) is 30.3 Å². The van der Waals surface area contributed by atoms with Crippen molar-refractivity contribution in [1.29, 1.82) is 0 Å². The Balaban J connectivity index is 1.70. The van der Waals surface area contributed by atoms with Gasteiger partial charge in [-0.1, -0.05) is 87.8 Å². The van der Waals surface area contributed by atoms with Crippen molar-refractivity contribution in [3.05, 3.63) is 82.7 Å². The molecular weight excluding hydrogens is 636 g/mol. The number of phenols is 1. The highest BCUT2D eigenvalue weighted by Crippen LogP contribution is 2.48. The van der Waals surface area contributed by atoms with Crippen LogP contribution in [-0.2, 0) is 16.0 Å².